The molecule has 0 aliphatic heterocycles. The molecule has 0 aromatic carbocycles. The van der Waals surface area contributed by atoms with E-state index in [4.69, 9.17) is 21.4 Å². The number of ether oxygens (including phenoxy) is 1. The second-order valence-electron chi connectivity index (χ2n) is 4.36. The van der Waals surface area contributed by atoms with Gasteiger partial charge in [-0.1, -0.05) is 0 Å². The molecule has 1 aromatic rings. The Hall–Kier alpha value is -1.14. The Morgan fingerprint density at radius 2 is 1.89 bits per heavy atom. The Morgan fingerprint density at radius 3 is 2.39 bits per heavy atom. The fourth-order valence-electron chi connectivity index (χ4n) is 1.41. The van der Waals surface area contributed by atoms with E-state index in [1.807, 2.05) is 32.6 Å². The molecular weight excluding hydrogens is 256 g/mol. The van der Waals surface area contributed by atoms with E-state index in [1.54, 1.807) is 0 Å². The van der Waals surface area contributed by atoms with Crippen LogP contribution in [-0.4, -0.2) is 45.4 Å². The van der Waals surface area contributed by atoms with Gasteiger partial charge >= 0.3 is 6.01 Å². The number of halogens is 1. The first-order valence-corrected chi connectivity index (χ1v) is 6.27. The van der Waals surface area contributed by atoms with Crippen molar-refractivity contribution in [1.29, 1.82) is 0 Å². The molecule has 1 aromatic heterocycles. The van der Waals surface area contributed by atoms with Gasteiger partial charge in [-0.25, -0.2) is 0 Å². The molecule has 0 aliphatic rings. The zero-order chi connectivity index (χ0) is 13.7. The molecule has 1 rings (SSSR count). The number of aliphatic hydroxyl groups excluding tert-OH is 1. The quantitative estimate of drug-likeness (QED) is 0.848. The maximum Gasteiger partial charge on any atom is 0.322 e. The third kappa shape index (κ3) is 4.27. The highest BCUT2D eigenvalue weighted by atomic mass is 35.5. The highest BCUT2D eigenvalue weighted by molar-refractivity contribution is 6.28. The van der Waals surface area contributed by atoms with Gasteiger partial charge < -0.3 is 14.7 Å². The molecule has 102 valence electrons. The van der Waals surface area contributed by atoms with Crippen LogP contribution in [0.5, 0.6) is 6.01 Å². The predicted molar refractivity (Wildman–Crippen MR) is 70.2 cm³/mol. The van der Waals surface area contributed by atoms with Crippen LogP contribution >= 0.6 is 11.6 Å². The van der Waals surface area contributed by atoms with Crippen molar-refractivity contribution in [2.45, 2.75) is 39.8 Å². The van der Waals surface area contributed by atoms with E-state index >= 15 is 0 Å². The van der Waals surface area contributed by atoms with Crippen molar-refractivity contribution >= 4 is 17.5 Å². The van der Waals surface area contributed by atoms with E-state index in [2.05, 4.69) is 15.0 Å². The molecule has 0 bridgehead atoms. The van der Waals surface area contributed by atoms with Gasteiger partial charge in [-0.2, -0.15) is 15.0 Å². The highest BCUT2D eigenvalue weighted by Gasteiger charge is 2.16. The van der Waals surface area contributed by atoms with E-state index < -0.39 is 0 Å². The molecule has 1 N–H and O–H groups in total. The molecule has 0 unspecified atom stereocenters. The molecule has 1 heterocycles. The monoisotopic (exact) mass is 274 g/mol. The summed E-state index contributed by atoms with van der Waals surface area (Å²) in [7, 11) is 0. The zero-order valence-corrected chi connectivity index (χ0v) is 11.8. The van der Waals surface area contributed by atoms with E-state index in [-0.39, 0.29) is 30.0 Å². The maximum absolute atomic E-state index is 9.05. The minimum Gasteiger partial charge on any atom is -0.461 e. The van der Waals surface area contributed by atoms with Crippen LogP contribution in [-0.2, 0) is 0 Å². The fourth-order valence-corrected chi connectivity index (χ4v) is 1.56. The number of aliphatic hydroxyl groups is 1. The fraction of sp³-hybridized carbons (Fsp3) is 0.727. The molecular formula is C11H19ClN4O2. The molecule has 0 fully saturated rings. The molecule has 7 heteroatoms. The molecule has 0 atom stereocenters. The standard InChI is InChI=1S/C11H19ClN4O2/c1-7(2)16(5-6-17)10-13-9(12)14-11(15-10)18-8(3)4/h7-8,17H,5-6H2,1-4H3. The lowest BCUT2D eigenvalue weighted by Gasteiger charge is -2.25. The van der Waals surface area contributed by atoms with Crippen molar-refractivity contribution in [3.8, 4) is 6.01 Å². The summed E-state index contributed by atoms with van der Waals surface area (Å²) in [5.74, 6) is 0.412. The van der Waals surface area contributed by atoms with Gasteiger partial charge in [0.1, 0.15) is 0 Å². The number of rotatable bonds is 6. The summed E-state index contributed by atoms with van der Waals surface area (Å²) in [5, 5.41) is 9.14. The summed E-state index contributed by atoms with van der Waals surface area (Å²) in [6.45, 7) is 8.17. The number of hydrogen-bond acceptors (Lipinski definition) is 6. The summed E-state index contributed by atoms with van der Waals surface area (Å²) in [6, 6.07) is 0.339. The summed E-state index contributed by atoms with van der Waals surface area (Å²) in [4.78, 5) is 14.0. The molecule has 18 heavy (non-hydrogen) atoms. The van der Waals surface area contributed by atoms with Crippen LogP contribution in [0.2, 0.25) is 5.28 Å². The Labute approximate surface area is 112 Å². The first-order valence-electron chi connectivity index (χ1n) is 5.89. The molecule has 0 aliphatic carbocycles. The third-order valence-corrected chi connectivity index (χ3v) is 2.31. The second-order valence-corrected chi connectivity index (χ2v) is 4.70. The molecule has 6 nitrogen and oxygen atoms in total. The van der Waals surface area contributed by atoms with Crippen molar-refractivity contribution in [2.75, 3.05) is 18.1 Å². The predicted octanol–water partition coefficient (Wildman–Crippen LogP) is 1.52. The van der Waals surface area contributed by atoms with Crippen molar-refractivity contribution in [2.24, 2.45) is 0 Å². The molecule has 0 saturated carbocycles. The van der Waals surface area contributed by atoms with Crippen LogP contribution in [0.3, 0.4) is 0 Å². The molecule has 0 amide bonds. The molecule has 0 spiro atoms. The van der Waals surface area contributed by atoms with Crippen LogP contribution in [0.15, 0.2) is 0 Å². The van der Waals surface area contributed by atoms with Gasteiger partial charge in [0.05, 0.1) is 12.7 Å². The Kier molecular flexibility index (Phi) is 5.55. The van der Waals surface area contributed by atoms with Crippen molar-refractivity contribution in [3.05, 3.63) is 5.28 Å². The summed E-state index contributed by atoms with van der Waals surface area (Å²) < 4.78 is 5.41. The van der Waals surface area contributed by atoms with Gasteiger partial charge in [0.25, 0.3) is 0 Å². The molecule has 0 saturated heterocycles. The lowest BCUT2D eigenvalue weighted by Crippen LogP contribution is -2.35. The van der Waals surface area contributed by atoms with E-state index in [0.717, 1.165) is 0 Å². The summed E-state index contributed by atoms with van der Waals surface area (Å²) in [6.07, 6.45) is -0.0401. The zero-order valence-electron chi connectivity index (χ0n) is 11.1. The number of anilines is 1. The SMILES string of the molecule is CC(C)Oc1nc(Cl)nc(N(CCO)C(C)C)n1. The largest absolute Gasteiger partial charge is 0.461 e. The van der Waals surface area contributed by atoms with E-state index in [1.165, 1.54) is 0 Å². The third-order valence-electron chi connectivity index (χ3n) is 2.14. The van der Waals surface area contributed by atoms with Crippen LogP contribution in [0.1, 0.15) is 27.7 Å². The van der Waals surface area contributed by atoms with E-state index in [0.29, 0.717) is 12.5 Å². The first kappa shape index (κ1) is 14.9. The highest BCUT2D eigenvalue weighted by Crippen LogP contribution is 2.17. The van der Waals surface area contributed by atoms with Gasteiger partial charge in [0.2, 0.25) is 11.2 Å². The van der Waals surface area contributed by atoms with Gasteiger partial charge in [0, 0.05) is 12.6 Å². The van der Waals surface area contributed by atoms with Gasteiger partial charge in [0.15, 0.2) is 0 Å². The van der Waals surface area contributed by atoms with Crippen LogP contribution in [0.4, 0.5) is 5.95 Å². The van der Waals surface area contributed by atoms with Crippen LogP contribution in [0, 0.1) is 0 Å². The Morgan fingerprint density at radius 1 is 1.22 bits per heavy atom. The average Bonchev–Trinajstić information content (AvgIpc) is 2.23. The normalized spacial score (nSPS) is 11.1. The van der Waals surface area contributed by atoms with Gasteiger partial charge in [-0.3, -0.25) is 0 Å². The minimum atomic E-state index is -0.0401. The van der Waals surface area contributed by atoms with Gasteiger partial charge in [-0.05, 0) is 39.3 Å². The van der Waals surface area contributed by atoms with E-state index in [9.17, 15) is 0 Å². The van der Waals surface area contributed by atoms with Crippen LogP contribution < -0.4 is 9.64 Å². The lowest BCUT2D eigenvalue weighted by molar-refractivity contribution is 0.221. The van der Waals surface area contributed by atoms with Crippen molar-refractivity contribution in [3.63, 3.8) is 0 Å². The maximum atomic E-state index is 9.05. The Balaban J connectivity index is 3.02. The van der Waals surface area contributed by atoms with Crippen molar-refractivity contribution in [1.82, 2.24) is 15.0 Å². The topological polar surface area (TPSA) is 71.4 Å². The average molecular weight is 275 g/mol. The molecule has 0 radical (unpaired) electrons. The second kappa shape index (κ2) is 6.70. The Bertz CT molecular complexity index is 387. The summed E-state index contributed by atoms with van der Waals surface area (Å²) in [5.41, 5.74) is 0. The smallest absolute Gasteiger partial charge is 0.322 e. The number of nitrogens with zero attached hydrogens (tertiary/aromatic N) is 4. The minimum absolute atomic E-state index is 0.0157. The first-order chi connectivity index (χ1) is 8.43. The van der Waals surface area contributed by atoms with Gasteiger partial charge in [-0.15, -0.1) is 0 Å². The summed E-state index contributed by atoms with van der Waals surface area (Å²) >= 11 is 5.85. The lowest BCUT2D eigenvalue weighted by atomic mass is 10.3. The van der Waals surface area contributed by atoms with Crippen molar-refractivity contribution < 1.29 is 9.84 Å². The number of aromatic nitrogens is 3. The van der Waals surface area contributed by atoms with Crippen LogP contribution in [0.25, 0.3) is 0 Å². The number of hydrogen-bond donors (Lipinski definition) is 1.